The molecule has 0 aromatic heterocycles. The van der Waals surface area contributed by atoms with Crippen LogP contribution in [0.2, 0.25) is 0 Å². The minimum absolute atomic E-state index is 0.0226. The van der Waals surface area contributed by atoms with Crippen molar-refractivity contribution in [2.75, 3.05) is 18.4 Å². The topological polar surface area (TPSA) is 52.6 Å². The number of benzene rings is 2. The lowest BCUT2D eigenvalue weighted by molar-refractivity contribution is -0.117. The minimum Gasteiger partial charge on any atom is -0.508 e. The molecule has 0 aliphatic carbocycles. The van der Waals surface area contributed by atoms with Gasteiger partial charge in [0.2, 0.25) is 5.91 Å². The maximum atomic E-state index is 12.5. The number of amides is 1. The molecule has 1 aliphatic heterocycles. The number of rotatable bonds is 4. The van der Waals surface area contributed by atoms with Crippen molar-refractivity contribution in [1.82, 2.24) is 4.90 Å². The van der Waals surface area contributed by atoms with Crippen LogP contribution in [0.25, 0.3) is 0 Å². The van der Waals surface area contributed by atoms with Crippen LogP contribution >= 0.6 is 0 Å². The molecule has 2 N–H and O–H groups in total. The molecule has 0 radical (unpaired) electrons. The van der Waals surface area contributed by atoms with E-state index in [0.29, 0.717) is 6.54 Å². The third-order valence-electron chi connectivity index (χ3n) is 4.66. The van der Waals surface area contributed by atoms with Crippen LogP contribution < -0.4 is 5.32 Å². The second kappa shape index (κ2) is 7.05. The normalized spacial score (nSPS) is 17.8. The molecule has 1 heterocycles. The lowest BCUT2D eigenvalue weighted by atomic mass is 10.0. The summed E-state index contributed by atoms with van der Waals surface area (Å²) in [7, 11) is 0. The molecule has 126 valence electrons. The number of anilines is 1. The molecule has 1 saturated heterocycles. The van der Waals surface area contributed by atoms with E-state index in [-0.39, 0.29) is 17.7 Å². The molecule has 0 spiro atoms. The summed E-state index contributed by atoms with van der Waals surface area (Å²) >= 11 is 0. The fraction of sp³-hybridized carbons (Fsp3) is 0.350. The second-order valence-corrected chi connectivity index (χ2v) is 6.59. The Bertz CT molecular complexity index is 725. The zero-order valence-corrected chi connectivity index (χ0v) is 14.2. The Labute approximate surface area is 143 Å². The van der Waals surface area contributed by atoms with Gasteiger partial charge in [-0.15, -0.1) is 0 Å². The van der Waals surface area contributed by atoms with Crippen molar-refractivity contribution in [2.24, 2.45) is 0 Å². The fourth-order valence-corrected chi connectivity index (χ4v) is 3.33. The monoisotopic (exact) mass is 324 g/mol. The molecule has 1 aliphatic rings. The Morgan fingerprint density at radius 2 is 1.96 bits per heavy atom. The molecule has 24 heavy (non-hydrogen) atoms. The van der Waals surface area contributed by atoms with Crippen LogP contribution in [0.15, 0.2) is 42.5 Å². The summed E-state index contributed by atoms with van der Waals surface area (Å²) in [6, 6.07) is 13.6. The van der Waals surface area contributed by atoms with Gasteiger partial charge in [0.15, 0.2) is 0 Å². The average molecular weight is 324 g/mol. The lowest BCUT2D eigenvalue weighted by Crippen LogP contribution is -2.33. The van der Waals surface area contributed by atoms with Crippen molar-refractivity contribution in [1.29, 1.82) is 0 Å². The van der Waals surface area contributed by atoms with Gasteiger partial charge in [0.1, 0.15) is 5.75 Å². The quantitative estimate of drug-likeness (QED) is 0.900. The molecule has 4 nitrogen and oxygen atoms in total. The number of hydrogen-bond donors (Lipinski definition) is 2. The highest BCUT2D eigenvalue weighted by molar-refractivity contribution is 5.93. The van der Waals surface area contributed by atoms with E-state index in [1.807, 2.05) is 44.2 Å². The second-order valence-electron chi connectivity index (χ2n) is 6.59. The first-order chi connectivity index (χ1) is 11.5. The molecular weight excluding hydrogens is 300 g/mol. The van der Waals surface area contributed by atoms with Gasteiger partial charge in [-0.1, -0.05) is 24.3 Å². The molecular formula is C20H24N2O2. The van der Waals surface area contributed by atoms with Crippen LogP contribution in [0.5, 0.6) is 5.75 Å². The number of aromatic hydroxyl groups is 1. The number of nitrogens with zero attached hydrogens (tertiary/aromatic N) is 1. The van der Waals surface area contributed by atoms with Crippen LogP contribution in [0.3, 0.4) is 0 Å². The Balaban J connectivity index is 1.67. The van der Waals surface area contributed by atoms with Gasteiger partial charge < -0.3 is 10.4 Å². The first kappa shape index (κ1) is 16.5. The molecule has 0 bridgehead atoms. The Morgan fingerprint density at radius 3 is 2.71 bits per heavy atom. The van der Waals surface area contributed by atoms with Crippen LogP contribution in [0.1, 0.15) is 35.6 Å². The summed E-state index contributed by atoms with van der Waals surface area (Å²) < 4.78 is 0. The predicted octanol–water partition coefficient (Wildman–Crippen LogP) is 3.78. The molecule has 1 fully saturated rings. The number of likely N-dealkylation sites (tertiary alicyclic amines) is 1. The number of aryl methyl sites for hydroxylation is 2. The summed E-state index contributed by atoms with van der Waals surface area (Å²) in [5.41, 5.74) is 4.26. The summed E-state index contributed by atoms with van der Waals surface area (Å²) in [6.45, 7) is 5.34. The Morgan fingerprint density at radius 1 is 1.21 bits per heavy atom. The number of phenols is 1. The van der Waals surface area contributed by atoms with Gasteiger partial charge in [0.05, 0.1) is 6.54 Å². The third kappa shape index (κ3) is 3.77. The highest BCUT2D eigenvalue weighted by Crippen LogP contribution is 2.32. The highest BCUT2D eigenvalue weighted by atomic mass is 16.3. The maximum Gasteiger partial charge on any atom is 0.238 e. The zero-order chi connectivity index (χ0) is 17.1. The van der Waals surface area contributed by atoms with Gasteiger partial charge in [0, 0.05) is 11.7 Å². The molecule has 2 aromatic rings. The number of carbonyl (C=O) groups excluding carboxylic acids is 1. The summed E-state index contributed by atoms with van der Waals surface area (Å²) in [5.74, 6) is 0.297. The summed E-state index contributed by atoms with van der Waals surface area (Å²) in [6.07, 6.45) is 2.13. The molecule has 0 saturated carbocycles. The Kier molecular flexibility index (Phi) is 4.86. The van der Waals surface area contributed by atoms with E-state index in [0.717, 1.165) is 41.8 Å². The number of nitrogens with one attached hydrogen (secondary N) is 1. The molecule has 3 rings (SSSR count). The third-order valence-corrected chi connectivity index (χ3v) is 4.66. The molecule has 4 heteroatoms. The SMILES string of the molecule is Cc1ccc(C)c(NC(=O)CN2CCCC2c2ccc(O)cc2)c1. The van der Waals surface area contributed by atoms with E-state index in [1.54, 1.807) is 12.1 Å². The molecule has 1 amide bonds. The van der Waals surface area contributed by atoms with Crippen molar-refractivity contribution in [3.05, 3.63) is 59.2 Å². The van der Waals surface area contributed by atoms with Crippen LogP contribution in [0, 0.1) is 13.8 Å². The van der Waals surface area contributed by atoms with Gasteiger partial charge in [-0.25, -0.2) is 0 Å². The summed E-state index contributed by atoms with van der Waals surface area (Å²) in [4.78, 5) is 14.7. The first-order valence-corrected chi connectivity index (χ1v) is 8.43. The first-order valence-electron chi connectivity index (χ1n) is 8.43. The van der Waals surface area contributed by atoms with Crippen molar-refractivity contribution < 1.29 is 9.90 Å². The van der Waals surface area contributed by atoms with E-state index in [4.69, 9.17) is 0 Å². The van der Waals surface area contributed by atoms with E-state index in [2.05, 4.69) is 10.2 Å². The van der Waals surface area contributed by atoms with Gasteiger partial charge >= 0.3 is 0 Å². The van der Waals surface area contributed by atoms with Gasteiger partial charge in [-0.2, -0.15) is 0 Å². The average Bonchev–Trinajstić information content (AvgIpc) is 2.99. The highest BCUT2D eigenvalue weighted by Gasteiger charge is 2.27. The largest absolute Gasteiger partial charge is 0.508 e. The number of carbonyl (C=O) groups is 1. The summed E-state index contributed by atoms with van der Waals surface area (Å²) in [5, 5.41) is 12.5. The van der Waals surface area contributed by atoms with Crippen molar-refractivity contribution >= 4 is 11.6 Å². The molecule has 2 aromatic carbocycles. The smallest absolute Gasteiger partial charge is 0.238 e. The fourth-order valence-electron chi connectivity index (χ4n) is 3.33. The van der Waals surface area contributed by atoms with Gasteiger partial charge in [-0.3, -0.25) is 9.69 Å². The van der Waals surface area contributed by atoms with Crippen LogP contribution in [-0.4, -0.2) is 29.0 Å². The van der Waals surface area contributed by atoms with Gasteiger partial charge in [-0.05, 0) is 68.1 Å². The zero-order valence-electron chi connectivity index (χ0n) is 14.2. The van der Waals surface area contributed by atoms with E-state index in [9.17, 15) is 9.90 Å². The van der Waals surface area contributed by atoms with E-state index < -0.39 is 0 Å². The molecule has 1 unspecified atom stereocenters. The van der Waals surface area contributed by atoms with E-state index in [1.165, 1.54) is 0 Å². The van der Waals surface area contributed by atoms with Crippen molar-refractivity contribution in [3.8, 4) is 5.75 Å². The number of phenolic OH excluding ortho intramolecular Hbond substituents is 1. The van der Waals surface area contributed by atoms with Gasteiger partial charge in [0.25, 0.3) is 0 Å². The minimum atomic E-state index is 0.0226. The molecule has 1 atom stereocenters. The van der Waals surface area contributed by atoms with Crippen LogP contribution in [0.4, 0.5) is 5.69 Å². The van der Waals surface area contributed by atoms with E-state index >= 15 is 0 Å². The predicted molar refractivity (Wildman–Crippen MR) is 96.2 cm³/mol. The maximum absolute atomic E-state index is 12.5. The lowest BCUT2D eigenvalue weighted by Gasteiger charge is -2.24. The number of hydrogen-bond acceptors (Lipinski definition) is 3. The van der Waals surface area contributed by atoms with Crippen molar-refractivity contribution in [3.63, 3.8) is 0 Å². The van der Waals surface area contributed by atoms with Crippen LogP contribution in [-0.2, 0) is 4.79 Å². The van der Waals surface area contributed by atoms with Crippen molar-refractivity contribution in [2.45, 2.75) is 32.7 Å². The Hall–Kier alpha value is -2.33. The standard InChI is InChI=1S/C20H24N2O2/c1-14-5-6-15(2)18(12-14)21-20(24)13-22-11-3-4-19(22)16-7-9-17(23)10-8-16/h5-10,12,19,23H,3-4,11,13H2,1-2H3,(H,21,24).